The van der Waals surface area contributed by atoms with Gasteiger partial charge in [0.05, 0.1) is 11.1 Å². The third-order valence-corrected chi connectivity index (χ3v) is 3.07. The van der Waals surface area contributed by atoms with Crippen LogP contribution in [0.3, 0.4) is 0 Å². The van der Waals surface area contributed by atoms with Gasteiger partial charge in [0.15, 0.2) is 6.61 Å². The van der Waals surface area contributed by atoms with Crippen molar-refractivity contribution >= 4 is 17.5 Å². The van der Waals surface area contributed by atoms with E-state index in [9.17, 15) is 27.2 Å². The van der Waals surface area contributed by atoms with Gasteiger partial charge in [0.25, 0.3) is 11.8 Å². The van der Waals surface area contributed by atoms with Gasteiger partial charge in [-0.05, 0) is 30.3 Å². The molecule has 0 aliphatic heterocycles. The van der Waals surface area contributed by atoms with Crippen molar-refractivity contribution in [3.8, 4) is 5.75 Å². The summed E-state index contributed by atoms with van der Waals surface area (Å²) >= 11 is 0. The predicted octanol–water partition coefficient (Wildman–Crippen LogP) is 2.96. The van der Waals surface area contributed by atoms with E-state index >= 15 is 0 Å². The molecule has 0 saturated heterocycles. The molecule has 0 aliphatic rings. The summed E-state index contributed by atoms with van der Waals surface area (Å²) in [6.45, 7) is -0.712. The van der Waals surface area contributed by atoms with Gasteiger partial charge < -0.3 is 15.8 Å². The van der Waals surface area contributed by atoms with Crippen molar-refractivity contribution in [1.29, 1.82) is 0 Å². The molecule has 0 fully saturated rings. The van der Waals surface area contributed by atoms with Crippen molar-refractivity contribution in [2.75, 3.05) is 11.9 Å². The Hall–Kier alpha value is -3.10. The highest BCUT2D eigenvalue weighted by molar-refractivity contribution is 5.96. The van der Waals surface area contributed by atoms with E-state index in [4.69, 9.17) is 10.5 Å². The van der Waals surface area contributed by atoms with Gasteiger partial charge in [-0.3, -0.25) is 9.59 Å². The minimum Gasteiger partial charge on any atom is -0.483 e. The molecule has 2 rings (SSSR count). The lowest BCUT2D eigenvalue weighted by atomic mass is 10.2. The highest BCUT2D eigenvalue weighted by Gasteiger charge is 2.34. The number of carbonyl (C=O) groups excluding carboxylic acids is 2. The molecule has 0 bridgehead atoms. The molecule has 25 heavy (non-hydrogen) atoms. The Labute approximate surface area is 139 Å². The second kappa shape index (κ2) is 7.20. The maximum Gasteiger partial charge on any atom is 0.419 e. The zero-order valence-electron chi connectivity index (χ0n) is 12.6. The van der Waals surface area contributed by atoms with Crippen LogP contribution < -0.4 is 15.8 Å². The summed E-state index contributed by atoms with van der Waals surface area (Å²) in [5, 5.41) is 2.27. The average Bonchev–Trinajstić information content (AvgIpc) is 2.54. The van der Waals surface area contributed by atoms with Gasteiger partial charge in [-0.2, -0.15) is 13.2 Å². The number of nitrogens with two attached hydrogens (primary N) is 1. The molecule has 3 N–H and O–H groups in total. The zero-order chi connectivity index (χ0) is 18.6. The Bertz CT molecular complexity index is 806. The number of carbonyl (C=O) groups is 2. The summed E-state index contributed by atoms with van der Waals surface area (Å²) in [4.78, 5) is 22.8. The van der Waals surface area contributed by atoms with E-state index in [1.54, 1.807) is 0 Å². The zero-order valence-corrected chi connectivity index (χ0v) is 12.6. The number of primary amides is 1. The summed E-state index contributed by atoms with van der Waals surface area (Å²) in [7, 11) is 0. The molecule has 5 nitrogen and oxygen atoms in total. The van der Waals surface area contributed by atoms with E-state index in [1.807, 2.05) is 0 Å². The third-order valence-electron chi connectivity index (χ3n) is 3.07. The number of halogens is 4. The fourth-order valence-electron chi connectivity index (χ4n) is 1.96. The molecule has 0 saturated carbocycles. The van der Waals surface area contributed by atoms with Crippen LogP contribution in [-0.2, 0) is 11.0 Å². The summed E-state index contributed by atoms with van der Waals surface area (Å²) in [6.07, 6.45) is -4.62. The van der Waals surface area contributed by atoms with Gasteiger partial charge >= 0.3 is 6.18 Å². The summed E-state index contributed by atoms with van der Waals surface area (Å²) in [6, 6.07) is 7.55. The van der Waals surface area contributed by atoms with E-state index in [1.165, 1.54) is 18.2 Å². The maximum atomic E-state index is 13.3. The highest BCUT2D eigenvalue weighted by Crippen LogP contribution is 2.35. The van der Waals surface area contributed by atoms with Gasteiger partial charge in [-0.15, -0.1) is 0 Å². The van der Waals surface area contributed by atoms with Crippen LogP contribution in [-0.4, -0.2) is 18.4 Å². The van der Waals surface area contributed by atoms with Gasteiger partial charge in [0.1, 0.15) is 11.6 Å². The lowest BCUT2D eigenvalue weighted by Crippen LogP contribution is -2.22. The van der Waals surface area contributed by atoms with E-state index < -0.39 is 47.3 Å². The third kappa shape index (κ3) is 4.69. The minimum atomic E-state index is -4.62. The van der Waals surface area contributed by atoms with Crippen LogP contribution in [0.2, 0.25) is 0 Å². The van der Waals surface area contributed by atoms with Gasteiger partial charge in [0, 0.05) is 5.69 Å². The molecule has 0 heterocycles. The monoisotopic (exact) mass is 356 g/mol. The molecule has 0 radical (unpaired) electrons. The number of ether oxygens (including phenoxy) is 1. The van der Waals surface area contributed by atoms with Crippen LogP contribution in [0.5, 0.6) is 5.75 Å². The molecule has 2 amide bonds. The van der Waals surface area contributed by atoms with E-state index in [-0.39, 0.29) is 5.69 Å². The fraction of sp³-hybridized carbons (Fsp3) is 0.125. The van der Waals surface area contributed by atoms with Crippen LogP contribution in [0.25, 0.3) is 0 Å². The standard InChI is InChI=1S/C16H12F4N2O3/c17-12-6-5-9(7-10(12)15(21)24)22-14(23)8-25-13-4-2-1-3-11(13)16(18,19)20/h1-7H,8H2,(H2,21,24)(H,22,23). The molecule has 2 aromatic carbocycles. The van der Waals surface area contributed by atoms with Crippen molar-refractivity contribution in [2.45, 2.75) is 6.18 Å². The van der Waals surface area contributed by atoms with Crippen molar-refractivity contribution in [3.05, 3.63) is 59.4 Å². The lowest BCUT2D eigenvalue weighted by Gasteiger charge is -2.13. The Morgan fingerprint density at radius 1 is 1.12 bits per heavy atom. The second-order valence-corrected chi connectivity index (χ2v) is 4.89. The van der Waals surface area contributed by atoms with Gasteiger partial charge in [-0.1, -0.05) is 12.1 Å². The minimum absolute atomic E-state index is 0.0490. The largest absolute Gasteiger partial charge is 0.483 e. The Morgan fingerprint density at radius 2 is 1.80 bits per heavy atom. The molecule has 0 unspecified atom stereocenters. The van der Waals surface area contributed by atoms with Crippen molar-refractivity contribution in [3.63, 3.8) is 0 Å². The predicted molar refractivity (Wildman–Crippen MR) is 80.5 cm³/mol. The number of rotatable bonds is 5. The number of anilines is 1. The summed E-state index contributed by atoms with van der Waals surface area (Å²) < 4.78 is 56.7. The van der Waals surface area contributed by atoms with Crippen molar-refractivity contribution in [1.82, 2.24) is 0 Å². The first-order valence-electron chi connectivity index (χ1n) is 6.86. The Kier molecular flexibility index (Phi) is 5.26. The van der Waals surface area contributed by atoms with Crippen LogP contribution >= 0.6 is 0 Å². The number of alkyl halides is 3. The molecule has 0 atom stereocenters. The van der Waals surface area contributed by atoms with Crippen LogP contribution in [0, 0.1) is 5.82 Å². The quantitative estimate of drug-likeness (QED) is 0.808. The number of hydrogen-bond donors (Lipinski definition) is 2. The number of amides is 2. The molecule has 132 valence electrons. The van der Waals surface area contributed by atoms with E-state index in [0.717, 1.165) is 24.3 Å². The molecule has 9 heteroatoms. The fourth-order valence-corrected chi connectivity index (χ4v) is 1.96. The van der Waals surface area contributed by atoms with Crippen LogP contribution in [0.1, 0.15) is 15.9 Å². The lowest BCUT2D eigenvalue weighted by molar-refractivity contribution is -0.139. The highest BCUT2D eigenvalue weighted by atomic mass is 19.4. The Morgan fingerprint density at radius 3 is 2.44 bits per heavy atom. The summed E-state index contributed by atoms with van der Waals surface area (Å²) in [5.41, 5.74) is 3.59. The first-order valence-corrected chi connectivity index (χ1v) is 6.86. The van der Waals surface area contributed by atoms with E-state index in [0.29, 0.717) is 0 Å². The first-order chi connectivity index (χ1) is 11.7. The van der Waals surface area contributed by atoms with Gasteiger partial charge in [0.2, 0.25) is 0 Å². The van der Waals surface area contributed by atoms with Crippen molar-refractivity contribution < 1.29 is 31.9 Å². The number of nitrogens with one attached hydrogen (secondary N) is 1. The number of benzene rings is 2. The summed E-state index contributed by atoms with van der Waals surface area (Å²) in [5.74, 6) is -3.18. The average molecular weight is 356 g/mol. The van der Waals surface area contributed by atoms with E-state index in [2.05, 4.69) is 5.32 Å². The first kappa shape index (κ1) is 18.2. The maximum absolute atomic E-state index is 13.3. The van der Waals surface area contributed by atoms with Crippen LogP contribution in [0.4, 0.5) is 23.2 Å². The van der Waals surface area contributed by atoms with Gasteiger partial charge in [-0.25, -0.2) is 4.39 Å². The molecule has 0 spiro atoms. The molecule has 0 aromatic heterocycles. The number of hydrogen-bond acceptors (Lipinski definition) is 3. The van der Waals surface area contributed by atoms with Crippen molar-refractivity contribution in [2.24, 2.45) is 5.73 Å². The SMILES string of the molecule is NC(=O)c1cc(NC(=O)COc2ccccc2C(F)(F)F)ccc1F. The molecule has 2 aromatic rings. The topological polar surface area (TPSA) is 81.4 Å². The molecular weight excluding hydrogens is 344 g/mol. The molecular formula is C16H12F4N2O3. The normalized spacial score (nSPS) is 11.0. The Balaban J connectivity index is 2.05. The smallest absolute Gasteiger partial charge is 0.419 e. The van der Waals surface area contributed by atoms with Crippen LogP contribution in [0.15, 0.2) is 42.5 Å². The molecule has 0 aliphatic carbocycles. The second-order valence-electron chi connectivity index (χ2n) is 4.89. The number of para-hydroxylation sites is 1.